The highest BCUT2D eigenvalue weighted by Crippen LogP contribution is 2.34. The van der Waals surface area contributed by atoms with Crippen molar-refractivity contribution in [3.8, 4) is 5.75 Å². The average molecular weight is 305 g/mol. The highest BCUT2D eigenvalue weighted by Gasteiger charge is 2.23. The van der Waals surface area contributed by atoms with Gasteiger partial charge >= 0.3 is 0 Å². The molecule has 1 atom stereocenters. The van der Waals surface area contributed by atoms with Crippen LogP contribution in [0.15, 0.2) is 16.6 Å². The van der Waals surface area contributed by atoms with Crippen molar-refractivity contribution in [3.63, 3.8) is 0 Å². The Morgan fingerprint density at radius 2 is 1.94 bits per heavy atom. The van der Waals surface area contributed by atoms with Crippen LogP contribution in [0.2, 0.25) is 0 Å². The minimum atomic E-state index is -0.795. The lowest BCUT2D eigenvalue weighted by molar-refractivity contribution is 0.0989. The summed E-state index contributed by atoms with van der Waals surface area (Å²) in [4.78, 5) is 0. The molecule has 1 aromatic rings. The van der Waals surface area contributed by atoms with Crippen LogP contribution in [0, 0.1) is 11.7 Å². The van der Waals surface area contributed by atoms with E-state index in [1.807, 2.05) is 13.8 Å². The molecule has 0 bridgehead atoms. The molecule has 0 heterocycles. The summed E-state index contributed by atoms with van der Waals surface area (Å²) in [6.45, 7) is 3.98. The first-order valence-corrected chi connectivity index (χ1v) is 6.55. The van der Waals surface area contributed by atoms with Gasteiger partial charge in [0.15, 0.2) is 11.6 Å². The van der Waals surface area contributed by atoms with E-state index >= 15 is 0 Å². The molecule has 0 aliphatic heterocycles. The largest absolute Gasteiger partial charge is 0.494 e. The van der Waals surface area contributed by atoms with Gasteiger partial charge in [-0.2, -0.15) is 0 Å². The van der Waals surface area contributed by atoms with E-state index in [2.05, 4.69) is 15.9 Å². The van der Waals surface area contributed by atoms with Gasteiger partial charge in [0, 0.05) is 10.0 Å². The first-order valence-electron chi connectivity index (χ1n) is 5.76. The molecule has 1 rings (SSSR count). The van der Waals surface area contributed by atoms with Gasteiger partial charge in [-0.25, -0.2) is 4.39 Å². The maximum absolute atomic E-state index is 14.0. The van der Waals surface area contributed by atoms with Crippen molar-refractivity contribution in [2.24, 2.45) is 5.92 Å². The number of benzene rings is 1. The molecule has 0 saturated heterocycles. The molecule has 0 amide bonds. The summed E-state index contributed by atoms with van der Waals surface area (Å²) in [7, 11) is 1.41. The summed E-state index contributed by atoms with van der Waals surface area (Å²) in [5, 5.41) is 10.2. The van der Waals surface area contributed by atoms with Gasteiger partial charge in [0.1, 0.15) is 0 Å². The quantitative estimate of drug-likeness (QED) is 0.888. The Morgan fingerprint density at radius 1 is 1.35 bits per heavy atom. The third kappa shape index (κ3) is 3.19. The van der Waals surface area contributed by atoms with Crippen LogP contribution in [0.4, 0.5) is 4.39 Å². The second-order valence-corrected chi connectivity index (χ2v) is 4.95. The maximum atomic E-state index is 14.0. The number of aliphatic hydroxyl groups excluding tert-OH is 1. The Hall–Kier alpha value is -0.610. The van der Waals surface area contributed by atoms with Gasteiger partial charge in [0.25, 0.3) is 0 Å². The van der Waals surface area contributed by atoms with Crippen LogP contribution in [-0.2, 0) is 0 Å². The van der Waals surface area contributed by atoms with Crippen LogP contribution in [0.5, 0.6) is 5.75 Å². The second-order valence-electron chi connectivity index (χ2n) is 4.03. The molecule has 1 N–H and O–H groups in total. The van der Waals surface area contributed by atoms with Crippen molar-refractivity contribution < 1.29 is 14.2 Å². The smallest absolute Gasteiger partial charge is 0.170 e. The summed E-state index contributed by atoms with van der Waals surface area (Å²) in [5.74, 6) is -0.266. The Morgan fingerprint density at radius 3 is 2.41 bits per heavy atom. The minimum Gasteiger partial charge on any atom is -0.494 e. The van der Waals surface area contributed by atoms with Crippen molar-refractivity contribution in [3.05, 3.63) is 28.0 Å². The zero-order chi connectivity index (χ0) is 13.0. The van der Waals surface area contributed by atoms with Crippen LogP contribution in [0.3, 0.4) is 0 Å². The zero-order valence-electron chi connectivity index (χ0n) is 10.3. The summed E-state index contributed by atoms with van der Waals surface area (Å²) in [6, 6.07) is 3.17. The van der Waals surface area contributed by atoms with E-state index in [0.29, 0.717) is 10.0 Å². The standard InChI is InChI=1S/C13H18BrFO2/c1-4-8(5-2)13(16)10-6-9(14)7-11(17-3)12(10)15/h6-8,13,16H,4-5H2,1-3H3. The second kappa shape index (κ2) is 6.36. The molecule has 17 heavy (non-hydrogen) atoms. The number of methoxy groups -OCH3 is 1. The van der Waals surface area contributed by atoms with Crippen LogP contribution < -0.4 is 4.74 Å². The van der Waals surface area contributed by atoms with Gasteiger partial charge < -0.3 is 9.84 Å². The molecule has 0 aliphatic carbocycles. The summed E-state index contributed by atoms with van der Waals surface area (Å²) >= 11 is 3.29. The summed E-state index contributed by atoms with van der Waals surface area (Å²) in [6.07, 6.45) is 0.828. The molecule has 0 aromatic heterocycles. The lowest BCUT2D eigenvalue weighted by atomic mass is 9.91. The number of ether oxygens (including phenoxy) is 1. The van der Waals surface area contributed by atoms with E-state index in [-0.39, 0.29) is 11.7 Å². The lowest BCUT2D eigenvalue weighted by Gasteiger charge is -2.21. The van der Waals surface area contributed by atoms with E-state index in [1.54, 1.807) is 12.1 Å². The Bertz CT molecular complexity index is 378. The van der Waals surface area contributed by atoms with Gasteiger partial charge in [-0.15, -0.1) is 0 Å². The number of aliphatic hydroxyl groups is 1. The van der Waals surface area contributed by atoms with Crippen molar-refractivity contribution in [2.75, 3.05) is 7.11 Å². The molecule has 0 radical (unpaired) electrons. The number of rotatable bonds is 5. The van der Waals surface area contributed by atoms with E-state index in [1.165, 1.54) is 7.11 Å². The third-order valence-corrected chi connectivity index (χ3v) is 3.52. The first kappa shape index (κ1) is 14.5. The Labute approximate surface area is 110 Å². The number of hydrogen-bond acceptors (Lipinski definition) is 2. The van der Waals surface area contributed by atoms with Crippen molar-refractivity contribution in [2.45, 2.75) is 32.8 Å². The Balaban J connectivity index is 3.16. The normalized spacial score (nSPS) is 12.9. The van der Waals surface area contributed by atoms with Crippen molar-refractivity contribution in [1.82, 2.24) is 0 Å². The average Bonchev–Trinajstić information content (AvgIpc) is 2.33. The Kier molecular flexibility index (Phi) is 5.40. The molecule has 4 heteroatoms. The van der Waals surface area contributed by atoms with Gasteiger partial charge in [-0.05, 0) is 18.1 Å². The fourth-order valence-electron chi connectivity index (χ4n) is 1.94. The molecule has 0 fully saturated rings. The fraction of sp³-hybridized carbons (Fsp3) is 0.538. The van der Waals surface area contributed by atoms with Gasteiger partial charge in [-0.1, -0.05) is 42.6 Å². The van der Waals surface area contributed by atoms with Crippen molar-refractivity contribution >= 4 is 15.9 Å². The molecule has 1 unspecified atom stereocenters. The van der Waals surface area contributed by atoms with E-state index in [4.69, 9.17) is 4.74 Å². The van der Waals surface area contributed by atoms with Crippen LogP contribution >= 0.6 is 15.9 Å². The highest BCUT2D eigenvalue weighted by molar-refractivity contribution is 9.10. The zero-order valence-corrected chi connectivity index (χ0v) is 11.9. The maximum Gasteiger partial charge on any atom is 0.170 e. The first-order chi connectivity index (χ1) is 8.04. The van der Waals surface area contributed by atoms with Gasteiger partial charge in [0.05, 0.1) is 13.2 Å². The van der Waals surface area contributed by atoms with Crippen LogP contribution in [-0.4, -0.2) is 12.2 Å². The molecule has 0 saturated carbocycles. The van der Waals surface area contributed by atoms with Gasteiger partial charge in [0.2, 0.25) is 0 Å². The molecular weight excluding hydrogens is 287 g/mol. The molecule has 0 aliphatic rings. The summed E-state index contributed by atoms with van der Waals surface area (Å²) < 4.78 is 19.7. The fourth-order valence-corrected chi connectivity index (χ4v) is 2.39. The van der Waals surface area contributed by atoms with E-state index in [0.717, 1.165) is 12.8 Å². The van der Waals surface area contributed by atoms with Gasteiger partial charge in [-0.3, -0.25) is 0 Å². The molecule has 0 spiro atoms. The van der Waals surface area contributed by atoms with Crippen LogP contribution in [0.25, 0.3) is 0 Å². The van der Waals surface area contributed by atoms with Crippen molar-refractivity contribution in [1.29, 1.82) is 0 Å². The molecular formula is C13H18BrFO2. The third-order valence-electron chi connectivity index (χ3n) is 3.07. The molecule has 2 nitrogen and oxygen atoms in total. The van der Waals surface area contributed by atoms with E-state index in [9.17, 15) is 9.50 Å². The van der Waals surface area contributed by atoms with Crippen LogP contribution in [0.1, 0.15) is 38.4 Å². The highest BCUT2D eigenvalue weighted by atomic mass is 79.9. The molecule has 1 aromatic carbocycles. The predicted molar refractivity (Wildman–Crippen MR) is 69.7 cm³/mol. The predicted octanol–water partition coefficient (Wildman–Crippen LogP) is 4.07. The summed E-state index contributed by atoms with van der Waals surface area (Å²) in [5.41, 5.74) is 0.296. The van der Waals surface area contributed by atoms with E-state index < -0.39 is 11.9 Å². The SMILES string of the molecule is CCC(CC)C(O)c1cc(Br)cc(OC)c1F. The minimum absolute atomic E-state index is 0.0588. The monoisotopic (exact) mass is 304 g/mol. The number of halogens is 2. The molecule has 96 valence electrons. The number of hydrogen-bond donors (Lipinski definition) is 1. The lowest BCUT2D eigenvalue weighted by Crippen LogP contribution is -2.13. The topological polar surface area (TPSA) is 29.5 Å².